The van der Waals surface area contributed by atoms with E-state index in [0.29, 0.717) is 5.92 Å². The number of aryl methyl sites for hydroxylation is 1. The molecule has 1 aromatic carbocycles. The Morgan fingerprint density at radius 2 is 2.00 bits per heavy atom. The van der Waals surface area contributed by atoms with Crippen molar-refractivity contribution in [2.45, 2.75) is 24.8 Å². The molecule has 0 amide bonds. The molecule has 8 heteroatoms. The van der Waals surface area contributed by atoms with Crippen molar-refractivity contribution in [3.05, 3.63) is 66.0 Å². The zero-order chi connectivity index (χ0) is 19.1. The molecule has 1 atom stereocenters. The molecule has 8 nitrogen and oxygen atoms in total. The molecule has 1 aliphatic carbocycles. The van der Waals surface area contributed by atoms with Crippen LogP contribution in [0, 0.1) is 0 Å². The molecule has 142 valence electrons. The Balaban J connectivity index is 1.57. The second-order valence-corrected chi connectivity index (χ2v) is 7.04. The zero-order valence-electron chi connectivity index (χ0n) is 15.8. The van der Waals surface area contributed by atoms with Crippen molar-refractivity contribution < 1.29 is 4.74 Å². The maximum absolute atomic E-state index is 5.60. The predicted octanol–water partition coefficient (Wildman–Crippen LogP) is 2.95. The molecule has 1 saturated carbocycles. The smallest absolute Gasteiger partial charge is 0.178 e. The second-order valence-electron chi connectivity index (χ2n) is 7.04. The molecule has 4 aromatic rings. The number of para-hydroxylation sites is 1. The van der Waals surface area contributed by atoms with Crippen LogP contribution < -0.4 is 10.1 Å². The van der Waals surface area contributed by atoms with Gasteiger partial charge in [-0.25, -0.2) is 4.98 Å². The van der Waals surface area contributed by atoms with Gasteiger partial charge < -0.3 is 14.6 Å². The van der Waals surface area contributed by atoms with Crippen LogP contribution >= 0.6 is 0 Å². The Morgan fingerprint density at radius 1 is 1.14 bits per heavy atom. The summed E-state index contributed by atoms with van der Waals surface area (Å²) in [5, 5.41) is 16.8. The van der Waals surface area contributed by atoms with Crippen LogP contribution in [0.2, 0.25) is 0 Å². The molecule has 1 fully saturated rings. The minimum atomic E-state index is -0.220. The maximum atomic E-state index is 5.60. The Kier molecular flexibility index (Phi) is 3.96. The van der Waals surface area contributed by atoms with Gasteiger partial charge in [0, 0.05) is 30.9 Å². The Morgan fingerprint density at radius 3 is 2.75 bits per heavy atom. The third kappa shape index (κ3) is 2.87. The maximum Gasteiger partial charge on any atom is 0.178 e. The Hall–Kier alpha value is -3.42. The molecule has 1 N–H and O–H groups in total. The van der Waals surface area contributed by atoms with Crippen molar-refractivity contribution in [2.24, 2.45) is 7.05 Å². The second kappa shape index (κ2) is 6.63. The van der Waals surface area contributed by atoms with E-state index in [0.717, 1.165) is 47.3 Å². The van der Waals surface area contributed by atoms with Gasteiger partial charge >= 0.3 is 0 Å². The fourth-order valence-corrected chi connectivity index (χ4v) is 3.47. The Labute approximate surface area is 162 Å². The molecule has 0 aliphatic heterocycles. The first-order valence-corrected chi connectivity index (χ1v) is 9.33. The van der Waals surface area contributed by atoms with Crippen LogP contribution in [-0.2, 0) is 7.05 Å². The van der Waals surface area contributed by atoms with Crippen molar-refractivity contribution in [3.8, 4) is 5.75 Å². The Bertz CT molecular complexity index is 1130. The van der Waals surface area contributed by atoms with Crippen LogP contribution in [-0.4, -0.2) is 36.5 Å². The fraction of sp³-hybridized carbons (Fsp3) is 0.300. The van der Waals surface area contributed by atoms with Crippen molar-refractivity contribution in [1.29, 1.82) is 0 Å². The highest BCUT2D eigenvalue weighted by Gasteiger charge is 2.29. The molecule has 5 rings (SSSR count). The number of ether oxygens (including phenoxy) is 1. The van der Waals surface area contributed by atoms with E-state index in [2.05, 4.69) is 20.5 Å². The number of fused-ring (bicyclic) bond motifs is 1. The summed E-state index contributed by atoms with van der Waals surface area (Å²) in [5.74, 6) is 3.81. The van der Waals surface area contributed by atoms with Gasteiger partial charge in [0.25, 0.3) is 0 Å². The molecule has 1 unspecified atom stereocenters. The summed E-state index contributed by atoms with van der Waals surface area (Å²) < 4.78 is 9.44. The van der Waals surface area contributed by atoms with Gasteiger partial charge in [-0.05, 0) is 31.0 Å². The number of methoxy groups -OCH3 is 1. The van der Waals surface area contributed by atoms with Crippen molar-refractivity contribution in [3.63, 3.8) is 0 Å². The predicted molar refractivity (Wildman–Crippen MR) is 104 cm³/mol. The third-order valence-corrected chi connectivity index (χ3v) is 5.09. The average molecular weight is 375 g/mol. The summed E-state index contributed by atoms with van der Waals surface area (Å²) in [5.41, 5.74) is 1.76. The molecular weight excluding hydrogens is 354 g/mol. The van der Waals surface area contributed by atoms with E-state index in [9.17, 15) is 0 Å². The summed E-state index contributed by atoms with van der Waals surface area (Å²) in [6.07, 6.45) is 6.02. The van der Waals surface area contributed by atoms with Gasteiger partial charge in [-0.1, -0.05) is 18.2 Å². The lowest BCUT2D eigenvalue weighted by molar-refractivity contribution is 0.408. The summed E-state index contributed by atoms with van der Waals surface area (Å²) in [6.45, 7) is 0. The topological polar surface area (TPSA) is 82.2 Å². The number of hydrogen-bond acceptors (Lipinski definition) is 6. The molecule has 0 spiro atoms. The van der Waals surface area contributed by atoms with Crippen LogP contribution in [0.3, 0.4) is 0 Å². The molecule has 28 heavy (non-hydrogen) atoms. The number of nitrogens with zero attached hydrogens (tertiary/aromatic N) is 6. The third-order valence-electron chi connectivity index (χ3n) is 5.09. The molecule has 0 bridgehead atoms. The molecular formula is C20H21N7O. The average Bonchev–Trinajstić information content (AvgIpc) is 3.34. The first-order chi connectivity index (χ1) is 13.7. The number of nitrogens with one attached hydrogen (secondary N) is 1. The van der Waals surface area contributed by atoms with E-state index in [4.69, 9.17) is 9.84 Å². The van der Waals surface area contributed by atoms with E-state index in [-0.39, 0.29) is 6.04 Å². The number of aromatic nitrogens is 6. The van der Waals surface area contributed by atoms with Gasteiger partial charge in [0.2, 0.25) is 0 Å². The fourth-order valence-electron chi connectivity index (χ4n) is 3.47. The molecule has 3 heterocycles. The van der Waals surface area contributed by atoms with Crippen molar-refractivity contribution >= 4 is 11.5 Å². The number of rotatable bonds is 6. The number of imidazole rings is 1. The van der Waals surface area contributed by atoms with Crippen LogP contribution in [0.5, 0.6) is 5.75 Å². The SMILES string of the molecule is COc1ccccc1C(Nc1ccc2nnc(C3CC3)n2n1)c1nccn1C. The summed E-state index contributed by atoms with van der Waals surface area (Å²) in [6, 6.07) is 11.6. The van der Waals surface area contributed by atoms with E-state index in [1.165, 1.54) is 0 Å². The van der Waals surface area contributed by atoms with Gasteiger partial charge in [-0.3, -0.25) is 0 Å². The van der Waals surface area contributed by atoms with E-state index < -0.39 is 0 Å². The molecule has 3 aromatic heterocycles. The number of hydrogen-bond donors (Lipinski definition) is 1. The van der Waals surface area contributed by atoms with E-state index in [1.807, 2.05) is 58.7 Å². The number of anilines is 1. The molecule has 1 aliphatic rings. The first kappa shape index (κ1) is 16.7. The lowest BCUT2D eigenvalue weighted by atomic mass is 10.0. The van der Waals surface area contributed by atoms with Crippen molar-refractivity contribution in [2.75, 3.05) is 12.4 Å². The lowest BCUT2D eigenvalue weighted by Gasteiger charge is -2.21. The summed E-state index contributed by atoms with van der Waals surface area (Å²) in [4.78, 5) is 4.56. The standard InChI is InChI=1S/C20H21N7O/c1-26-12-11-21-20(26)18(14-5-3-4-6-15(14)28-2)22-16-9-10-17-23-24-19(13-7-8-13)27(17)25-16/h3-6,9-13,18H,7-8H2,1-2H3,(H,22,25). The van der Waals surface area contributed by atoms with Gasteiger partial charge in [0.1, 0.15) is 23.4 Å². The monoisotopic (exact) mass is 375 g/mol. The largest absolute Gasteiger partial charge is 0.496 e. The van der Waals surface area contributed by atoms with Gasteiger partial charge in [-0.15, -0.1) is 15.3 Å². The van der Waals surface area contributed by atoms with Crippen LogP contribution in [0.25, 0.3) is 5.65 Å². The van der Waals surface area contributed by atoms with Gasteiger partial charge in [0.05, 0.1) is 7.11 Å². The van der Waals surface area contributed by atoms with Crippen LogP contribution in [0.4, 0.5) is 5.82 Å². The van der Waals surface area contributed by atoms with Gasteiger partial charge in [0.15, 0.2) is 11.5 Å². The highest BCUT2D eigenvalue weighted by Crippen LogP contribution is 2.39. The van der Waals surface area contributed by atoms with E-state index in [1.54, 1.807) is 13.3 Å². The van der Waals surface area contributed by atoms with Crippen LogP contribution in [0.1, 0.15) is 42.0 Å². The zero-order valence-corrected chi connectivity index (χ0v) is 15.8. The minimum Gasteiger partial charge on any atom is -0.496 e. The van der Waals surface area contributed by atoms with Gasteiger partial charge in [-0.2, -0.15) is 4.52 Å². The summed E-state index contributed by atoms with van der Waals surface area (Å²) in [7, 11) is 3.66. The highest BCUT2D eigenvalue weighted by atomic mass is 16.5. The minimum absolute atomic E-state index is 0.220. The first-order valence-electron chi connectivity index (χ1n) is 9.33. The van der Waals surface area contributed by atoms with E-state index >= 15 is 0 Å². The van der Waals surface area contributed by atoms with Crippen LogP contribution in [0.15, 0.2) is 48.8 Å². The lowest BCUT2D eigenvalue weighted by Crippen LogP contribution is -2.19. The van der Waals surface area contributed by atoms with Crippen molar-refractivity contribution in [1.82, 2.24) is 29.4 Å². The number of benzene rings is 1. The quantitative estimate of drug-likeness (QED) is 0.558. The summed E-state index contributed by atoms with van der Waals surface area (Å²) >= 11 is 0. The molecule has 0 radical (unpaired) electrons. The normalized spacial score (nSPS) is 14.9. The highest BCUT2D eigenvalue weighted by molar-refractivity contribution is 5.49. The molecule has 0 saturated heterocycles.